The number of fused-ring (bicyclic) bond motifs is 1. The molecule has 0 aromatic carbocycles. The van der Waals surface area contributed by atoms with Gasteiger partial charge in [0.05, 0.1) is 42.4 Å². The molecular formula is C43H71N7O7S. The zero-order valence-electron chi connectivity index (χ0n) is 35.2. The van der Waals surface area contributed by atoms with Gasteiger partial charge in [-0.15, -0.1) is 0 Å². The van der Waals surface area contributed by atoms with E-state index in [9.17, 15) is 34.2 Å². The van der Waals surface area contributed by atoms with Gasteiger partial charge in [0.15, 0.2) is 0 Å². The highest BCUT2D eigenvalue weighted by Crippen LogP contribution is 2.33. The van der Waals surface area contributed by atoms with Crippen molar-refractivity contribution in [2.24, 2.45) is 23.7 Å². The summed E-state index contributed by atoms with van der Waals surface area (Å²) in [5.41, 5.74) is 0.689. The molecule has 58 heavy (non-hydrogen) atoms. The Labute approximate surface area is 349 Å². The highest BCUT2D eigenvalue weighted by molar-refractivity contribution is 8.00. The van der Waals surface area contributed by atoms with Crippen molar-refractivity contribution in [3.8, 4) is 0 Å². The summed E-state index contributed by atoms with van der Waals surface area (Å²) in [6.45, 7) is 8.18. The van der Waals surface area contributed by atoms with E-state index >= 15 is 0 Å². The second-order valence-electron chi connectivity index (χ2n) is 17.1. The number of nitrogens with zero attached hydrogens (tertiary/aromatic N) is 1. The summed E-state index contributed by atoms with van der Waals surface area (Å²) in [6.07, 6.45) is 10.7. The van der Waals surface area contributed by atoms with Crippen molar-refractivity contribution in [1.82, 2.24) is 36.9 Å². The van der Waals surface area contributed by atoms with Gasteiger partial charge in [0, 0.05) is 36.6 Å². The topological polar surface area (TPSA) is 211 Å². The van der Waals surface area contributed by atoms with Crippen LogP contribution in [0.1, 0.15) is 130 Å². The molecule has 1 aromatic heterocycles. The lowest BCUT2D eigenvalue weighted by molar-refractivity contribution is -0.140. The Hall–Kier alpha value is -3.43. The molecule has 3 aliphatic rings. The number of carbonyl (C=O) groups excluding carboxylic acids is 5. The van der Waals surface area contributed by atoms with Crippen LogP contribution in [0.5, 0.6) is 0 Å². The predicted molar refractivity (Wildman–Crippen MR) is 226 cm³/mol. The first kappa shape index (κ1) is 47.3. The highest BCUT2D eigenvalue weighted by atomic mass is 32.2. The second-order valence-corrected chi connectivity index (χ2v) is 18.4. The third-order valence-corrected chi connectivity index (χ3v) is 13.8. The number of rotatable bonds is 25. The van der Waals surface area contributed by atoms with Crippen LogP contribution in [0.25, 0.3) is 0 Å². The molecule has 8 N–H and O–H groups in total. The second kappa shape index (κ2) is 24.6. The van der Waals surface area contributed by atoms with E-state index in [1.807, 2.05) is 31.7 Å². The number of thioether (sulfide) groups is 1. The number of hydrogen-bond acceptors (Lipinski definition) is 9. The minimum absolute atomic E-state index is 0.0243. The van der Waals surface area contributed by atoms with E-state index in [4.69, 9.17) is 0 Å². The van der Waals surface area contributed by atoms with Crippen molar-refractivity contribution in [3.05, 3.63) is 30.1 Å². The molecule has 2 aliphatic heterocycles. The Bertz CT molecular complexity index is 1450. The largest absolute Gasteiger partial charge is 0.390 e. The molecule has 3 heterocycles. The summed E-state index contributed by atoms with van der Waals surface area (Å²) in [5, 5.41) is 41.5. The number of unbranched alkanes of at least 4 members (excludes halogenated alkanes) is 3. The van der Waals surface area contributed by atoms with E-state index in [-0.39, 0.29) is 66.6 Å². The number of amides is 6. The van der Waals surface area contributed by atoms with E-state index < -0.39 is 36.1 Å². The number of hydrogen-bond donors (Lipinski definition) is 8. The molecular weight excluding hydrogens is 759 g/mol. The number of urea groups is 1. The average molecular weight is 830 g/mol. The first-order valence-corrected chi connectivity index (χ1v) is 23.0. The summed E-state index contributed by atoms with van der Waals surface area (Å²) in [6, 6.07) is 4.15. The predicted octanol–water partition coefficient (Wildman–Crippen LogP) is 4.08. The summed E-state index contributed by atoms with van der Waals surface area (Å²) >= 11 is 1.88. The molecule has 2 saturated heterocycles. The molecule has 1 aromatic rings. The molecule has 15 heteroatoms. The maximum Gasteiger partial charge on any atom is 0.315 e. The summed E-state index contributed by atoms with van der Waals surface area (Å²) in [7, 11) is 0. The maximum atomic E-state index is 13.9. The molecule has 6 amide bonds. The minimum atomic E-state index is -1.48. The van der Waals surface area contributed by atoms with E-state index in [1.165, 1.54) is 0 Å². The lowest BCUT2D eigenvalue weighted by atomic mass is 9.79. The molecule has 9 atom stereocenters. The van der Waals surface area contributed by atoms with E-state index in [2.05, 4.69) is 36.9 Å². The quantitative estimate of drug-likeness (QED) is 0.0527. The van der Waals surface area contributed by atoms with E-state index in [1.54, 1.807) is 32.2 Å². The number of nitrogens with one attached hydrogen (secondary N) is 6. The SMILES string of the molecule is CC[C@@H](C)[C@H](NC(=O)[C@H](C(C)C)[C@@H](O)[C@H](O)[C@H](CC1CCCCC1)NC(=O)CCCCCNC(=O)CCCC[C@@H]1SCC2NC(=O)N[C@@H]21)C(=O)NCc1ccccn1. The lowest BCUT2D eigenvalue weighted by Gasteiger charge is -2.36. The van der Waals surface area contributed by atoms with Gasteiger partial charge in [0.25, 0.3) is 0 Å². The van der Waals surface area contributed by atoms with Crippen molar-refractivity contribution < 1.29 is 34.2 Å². The van der Waals surface area contributed by atoms with Gasteiger partial charge in [-0.05, 0) is 62.0 Å². The third kappa shape index (κ3) is 15.0. The monoisotopic (exact) mass is 830 g/mol. The Morgan fingerprint density at radius 2 is 1.62 bits per heavy atom. The van der Waals surface area contributed by atoms with Crippen LogP contribution in [-0.4, -0.2) is 98.8 Å². The van der Waals surface area contributed by atoms with Gasteiger partial charge < -0.3 is 42.1 Å². The van der Waals surface area contributed by atoms with Crippen molar-refractivity contribution in [2.75, 3.05) is 12.3 Å². The number of pyridine rings is 1. The van der Waals surface area contributed by atoms with Crippen LogP contribution in [-0.2, 0) is 25.7 Å². The molecule has 3 fully saturated rings. The zero-order chi connectivity index (χ0) is 42.0. The molecule has 4 rings (SSSR count). The van der Waals surface area contributed by atoms with Crippen LogP contribution in [0.4, 0.5) is 4.79 Å². The standard InChI is InChI=1S/C43H71N7O7S/c1-5-28(4)37(42(56)46-25-30-18-13-15-22-44-30)49-41(55)36(27(2)3)40(54)39(53)31(24-29-16-8-6-9-17-29)47-35(52)21-10-7-14-23-45-34(51)20-12-11-19-33-38-32(26-58-33)48-43(57)50-38/h13,15,18,22,27-29,31-33,36-40,53-54H,5-12,14,16-17,19-21,23-26H2,1-4H3,(H,45,51)(H,46,56)(H,47,52)(H,49,55)(H2,48,50,57)/t28-,31+,32?,33+,36-,37+,38+,39-,40-/m1/s1. The molecule has 326 valence electrons. The molecule has 1 aliphatic carbocycles. The van der Waals surface area contributed by atoms with Crippen LogP contribution < -0.4 is 31.9 Å². The fraction of sp³-hybridized carbons (Fsp3) is 0.767. The Kier molecular flexibility index (Phi) is 20.0. The molecule has 1 saturated carbocycles. The van der Waals surface area contributed by atoms with E-state index in [0.717, 1.165) is 70.0 Å². The Balaban J connectivity index is 1.22. The highest BCUT2D eigenvalue weighted by Gasteiger charge is 2.43. The summed E-state index contributed by atoms with van der Waals surface area (Å²) in [5.74, 6) is -1.44. The summed E-state index contributed by atoms with van der Waals surface area (Å²) in [4.78, 5) is 68.8. The first-order chi connectivity index (χ1) is 27.9. The van der Waals surface area contributed by atoms with Crippen LogP contribution >= 0.6 is 11.8 Å². The fourth-order valence-corrected chi connectivity index (χ4v) is 10.1. The normalized spacial score (nSPS) is 22.4. The Morgan fingerprint density at radius 1 is 0.879 bits per heavy atom. The number of aliphatic hydroxyl groups is 2. The van der Waals surface area contributed by atoms with Gasteiger partial charge in [0.1, 0.15) is 12.1 Å². The molecule has 0 bridgehead atoms. The Morgan fingerprint density at radius 3 is 2.33 bits per heavy atom. The minimum Gasteiger partial charge on any atom is -0.390 e. The average Bonchev–Trinajstić information content (AvgIpc) is 3.77. The third-order valence-electron chi connectivity index (χ3n) is 12.3. The fourth-order valence-electron chi connectivity index (χ4n) is 8.57. The number of aliphatic hydroxyl groups excluding tert-OH is 2. The molecule has 14 nitrogen and oxygen atoms in total. The molecule has 0 radical (unpaired) electrons. The molecule has 0 spiro atoms. The van der Waals surface area contributed by atoms with Crippen LogP contribution in [0.3, 0.4) is 0 Å². The van der Waals surface area contributed by atoms with Crippen molar-refractivity contribution in [2.45, 2.75) is 172 Å². The van der Waals surface area contributed by atoms with Gasteiger partial charge in [-0.1, -0.05) is 85.1 Å². The van der Waals surface area contributed by atoms with Gasteiger partial charge >= 0.3 is 6.03 Å². The van der Waals surface area contributed by atoms with Crippen molar-refractivity contribution >= 4 is 41.4 Å². The first-order valence-electron chi connectivity index (χ1n) is 22.0. The van der Waals surface area contributed by atoms with Gasteiger partial charge in [0.2, 0.25) is 23.6 Å². The van der Waals surface area contributed by atoms with Crippen molar-refractivity contribution in [1.29, 1.82) is 0 Å². The lowest BCUT2D eigenvalue weighted by Crippen LogP contribution is -2.57. The van der Waals surface area contributed by atoms with Gasteiger partial charge in [-0.2, -0.15) is 11.8 Å². The number of aromatic nitrogens is 1. The van der Waals surface area contributed by atoms with E-state index in [0.29, 0.717) is 43.2 Å². The van der Waals surface area contributed by atoms with Crippen LogP contribution in [0.15, 0.2) is 24.4 Å². The smallest absolute Gasteiger partial charge is 0.315 e. The van der Waals surface area contributed by atoms with Gasteiger partial charge in [-0.3, -0.25) is 24.2 Å². The maximum absolute atomic E-state index is 13.9. The zero-order valence-corrected chi connectivity index (χ0v) is 36.0. The summed E-state index contributed by atoms with van der Waals surface area (Å²) < 4.78 is 0. The van der Waals surface area contributed by atoms with Crippen LogP contribution in [0, 0.1) is 23.7 Å². The number of carbonyl (C=O) groups is 5. The molecule has 1 unspecified atom stereocenters. The van der Waals surface area contributed by atoms with Gasteiger partial charge in [-0.25, -0.2) is 4.79 Å². The van der Waals surface area contributed by atoms with Crippen molar-refractivity contribution in [3.63, 3.8) is 0 Å². The van der Waals surface area contributed by atoms with Crippen LogP contribution in [0.2, 0.25) is 0 Å².